The van der Waals surface area contributed by atoms with Crippen LogP contribution in [0.3, 0.4) is 0 Å². The number of hydrogen-bond acceptors (Lipinski definition) is 4. The first kappa shape index (κ1) is 15.5. The number of nitrogens with zero attached hydrogens (tertiary/aromatic N) is 2. The van der Waals surface area contributed by atoms with Gasteiger partial charge in [0.2, 0.25) is 0 Å². The molecule has 0 saturated heterocycles. The third-order valence-corrected chi connectivity index (χ3v) is 3.81. The second-order valence-electron chi connectivity index (χ2n) is 5.34. The van der Waals surface area contributed by atoms with Crippen molar-refractivity contribution in [2.75, 3.05) is 5.73 Å². The molecule has 120 valence electrons. The molecule has 0 aliphatic rings. The lowest BCUT2D eigenvalue weighted by Gasteiger charge is -2.15. The van der Waals surface area contributed by atoms with E-state index in [0.717, 1.165) is 0 Å². The highest BCUT2D eigenvalue weighted by Crippen LogP contribution is 2.16. The van der Waals surface area contributed by atoms with Gasteiger partial charge < -0.3 is 15.7 Å². The van der Waals surface area contributed by atoms with Crippen molar-refractivity contribution in [2.24, 2.45) is 0 Å². The summed E-state index contributed by atoms with van der Waals surface area (Å²) in [4.78, 5) is 25.0. The zero-order valence-corrected chi connectivity index (χ0v) is 13.0. The maximum absolute atomic E-state index is 12.5. The largest absolute Gasteiger partial charge is 0.805 e. The summed E-state index contributed by atoms with van der Waals surface area (Å²) in [6, 6.07) is 13.4. The molecule has 24 heavy (non-hydrogen) atoms. The molecule has 1 heterocycles. The number of fused-ring (bicyclic) bond motifs is 1. The van der Waals surface area contributed by atoms with Crippen LogP contribution in [0, 0.1) is 17.0 Å². The highest BCUT2D eigenvalue weighted by Gasteiger charge is 2.24. The van der Waals surface area contributed by atoms with Crippen LogP contribution in [0.4, 0.5) is 5.69 Å². The van der Waals surface area contributed by atoms with Gasteiger partial charge >= 0.3 is 5.69 Å². The van der Waals surface area contributed by atoms with Crippen molar-refractivity contribution in [1.82, 2.24) is 4.73 Å². The number of nitrogen functional groups attached to an aromatic ring is 1. The number of carbonyl (C=O) groups excluding carboxylic acids is 1. The van der Waals surface area contributed by atoms with Gasteiger partial charge in [-0.1, -0.05) is 30.3 Å². The SMILES string of the molecule is Cc1c(C(=O)/C=C/c2ccccc2N)[n+](=O)c2ccccc2n1[O-]. The van der Waals surface area contributed by atoms with Crippen LogP contribution >= 0.6 is 0 Å². The molecular weight excluding hydrogens is 306 g/mol. The summed E-state index contributed by atoms with van der Waals surface area (Å²) >= 11 is 0. The number of rotatable bonds is 3. The van der Waals surface area contributed by atoms with Crippen LogP contribution in [0.1, 0.15) is 21.7 Å². The number of hydrogen-bond donors (Lipinski definition) is 1. The van der Waals surface area contributed by atoms with E-state index in [4.69, 9.17) is 5.73 Å². The van der Waals surface area contributed by atoms with Crippen LogP contribution in [0.2, 0.25) is 0 Å². The van der Waals surface area contributed by atoms with Crippen molar-refractivity contribution in [1.29, 1.82) is 0 Å². The predicted molar refractivity (Wildman–Crippen MR) is 93.0 cm³/mol. The average Bonchev–Trinajstić information content (AvgIpc) is 2.59. The Hall–Kier alpha value is -3.41. The van der Waals surface area contributed by atoms with Crippen LogP contribution in [0.5, 0.6) is 0 Å². The maximum atomic E-state index is 12.5. The maximum Gasteiger partial charge on any atom is 0.329 e. The van der Waals surface area contributed by atoms with Crippen LogP contribution in [0.25, 0.3) is 17.1 Å². The summed E-state index contributed by atoms with van der Waals surface area (Å²) in [7, 11) is 0. The number of aromatic nitrogens is 2. The van der Waals surface area contributed by atoms with Crippen molar-refractivity contribution in [2.45, 2.75) is 6.92 Å². The molecule has 3 rings (SSSR count). The fourth-order valence-electron chi connectivity index (χ4n) is 2.54. The standard InChI is InChI=1S/C18H15N3O3/c1-12-18(17(22)11-10-13-6-2-3-7-14(13)19)21(24)16-9-5-4-8-15(16)20(12)23/h2-11H,19H2,1H3/b11-10+. The Morgan fingerprint density at radius 1 is 1.17 bits per heavy atom. The fourth-order valence-corrected chi connectivity index (χ4v) is 2.54. The van der Waals surface area contributed by atoms with Gasteiger partial charge in [0.15, 0.2) is 0 Å². The first-order valence-corrected chi connectivity index (χ1v) is 7.32. The first-order valence-electron chi connectivity index (χ1n) is 7.32. The van der Waals surface area contributed by atoms with E-state index < -0.39 is 5.78 Å². The molecule has 3 aromatic rings. The van der Waals surface area contributed by atoms with E-state index in [2.05, 4.69) is 0 Å². The van der Waals surface area contributed by atoms with E-state index in [9.17, 15) is 14.9 Å². The molecular formula is C18H15N3O3. The molecule has 0 radical (unpaired) electrons. The number of ketones is 1. The quantitative estimate of drug-likeness (QED) is 0.347. The first-order chi connectivity index (χ1) is 11.5. The van der Waals surface area contributed by atoms with Gasteiger partial charge in [-0.05, 0) is 36.8 Å². The molecule has 0 saturated carbocycles. The zero-order valence-electron chi connectivity index (χ0n) is 13.0. The van der Waals surface area contributed by atoms with Crippen LogP contribution in [-0.2, 0) is 0 Å². The number of allylic oxidation sites excluding steroid dienone is 1. The van der Waals surface area contributed by atoms with Gasteiger partial charge in [0, 0.05) is 16.7 Å². The normalized spacial score (nSPS) is 11.2. The van der Waals surface area contributed by atoms with Gasteiger partial charge in [-0.2, -0.15) is 0 Å². The van der Waals surface area contributed by atoms with Crippen molar-refractivity contribution in [3.8, 4) is 0 Å². The molecule has 0 amide bonds. The Bertz CT molecular complexity index is 1040. The minimum atomic E-state index is -0.555. The third kappa shape index (κ3) is 2.54. The van der Waals surface area contributed by atoms with E-state index in [1.54, 1.807) is 42.5 Å². The molecule has 2 aromatic carbocycles. The molecule has 0 aliphatic heterocycles. The summed E-state index contributed by atoms with van der Waals surface area (Å²) in [5.74, 6) is -0.555. The molecule has 0 atom stereocenters. The summed E-state index contributed by atoms with van der Waals surface area (Å²) < 4.78 is 1.10. The monoisotopic (exact) mass is 321 g/mol. The highest BCUT2D eigenvalue weighted by atomic mass is 16.5. The van der Waals surface area contributed by atoms with Gasteiger partial charge in [0.05, 0.1) is 10.1 Å². The lowest BCUT2D eigenvalue weighted by molar-refractivity contribution is -0.468. The van der Waals surface area contributed by atoms with Crippen molar-refractivity contribution in [3.63, 3.8) is 0 Å². The van der Waals surface area contributed by atoms with Crippen molar-refractivity contribution in [3.05, 3.63) is 81.7 Å². The molecule has 0 bridgehead atoms. The minimum Gasteiger partial charge on any atom is -0.805 e. The zero-order chi connectivity index (χ0) is 17.3. The van der Waals surface area contributed by atoms with E-state index in [-0.39, 0.29) is 22.4 Å². The van der Waals surface area contributed by atoms with E-state index in [1.807, 2.05) is 0 Å². The number of benzene rings is 2. The summed E-state index contributed by atoms with van der Waals surface area (Å²) in [6.45, 7) is 1.45. The fraction of sp³-hybridized carbons (Fsp3) is 0.0556. The van der Waals surface area contributed by atoms with Crippen LogP contribution in [-0.4, -0.2) is 10.5 Å². The van der Waals surface area contributed by atoms with Gasteiger partial charge in [0.25, 0.3) is 11.3 Å². The van der Waals surface area contributed by atoms with E-state index in [1.165, 1.54) is 25.1 Å². The highest BCUT2D eigenvalue weighted by molar-refractivity contribution is 6.05. The lowest BCUT2D eigenvalue weighted by Crippen LogP contribution is -2.29. The molecule has 6 heteroatoms. The summed E-state index contributed by atoms with van der Waals surface area (Å²) in [5, 5.41) is 12.3. The molecule has 6 nitrogen and oxygen atoms in total. The summed E-state index contributed by atoms with van der Waals surface area (Å²) in [6.07, 6.45) is 2.78. The van der Waals surface area contributed by atoms with Gasteiger partial charge in [-0.15, -0.1) is 0 Å². The molecule has 0 aliphatic carbocycles. The molecule has 0 fully saturated rings. The smallest absolute Gasteiger partial charge is 0.329 e. The number of nitrogens with two attached hydrogens (primary N) is 1. The Labute approximate surface area is 137 Å². The number of para-hydroxylation sites is 3. The minimum absolute atomic E-state index is 0.0550. The van der Waals surface area contributed by atoms with Crippen LogP contribution in [0.15, 0.2) is 54.6 Å². The number of carbonyl (C=O) groups is 1. The van der Waals surface area contributed by atoms with E-state index in [0.29, 0.717) is 20.4 Å². The average molecular weight is 321 g/mol. The molecule has 1 aromatic heterocycles. The Morgan fingerprint density at radius 3 is 2.58 bits per heavy atom. The Balaban J connectivity index is 2.11. The van der Waals surface area contributed by atoms with Crippen molar-refractivity contribution >= 4 is 28.6 Å². The predicted octanol–water partition coefficient (Wildman–Crippen LogP) is 2.69. The summed E-state index contributed by atoms with van der Waals surface area (Å²) in [5.41, 5.74) is 7.23. The van der Waals surface area contributed by atoms with E-state index >= 15 is 0 Å². The molecule has 0 unspecified atom stereocenters. The van der Waals surface area contributed by atoms with Crippen LogP contribution < -0.4 is 10.2 Å². The molecule has 2 N–H and O–H groups in total. The topological polar surface area (TPSA) is 94.1 Å². The Morgan fingerprint density at radius 2 is 1.83 bits per heavy atom. The Kier molecular flexibility index (Phi) is 3.87. The molecule has 0 spiro atoms. The van der Waals surface area contributed by atoms with Gasteiger partial charge in [-0.25, -0.2) is 0 Å². The third-order valence-electron chi connectivity index (χ3n) is 3.81. The second kappa shape index (κ2) is 6.00. The van der Waals surface area contributed by atoms with Crippen molar-refractivity contribution < 1.29 is 9.22 Å². The number of anilines is 1. The lowest BCUT2D eigenvalue weighted by atomic mass is 10.1. The second-order valence-corrected chi connectivity index (χ2v) is 5.34. The van der Waals surface area contributed by atoms with Gasteiger partial charge in [-0.3, -0.25) is 4.79 Å². The van der Waals surface area contributed by atoms with Gasteiger partial charge in [0.1, 0.15) is 5.52 Å².